The van der Waals surface area contributed by atoms with Crippen molar-refractivity contribution in [3.63, 3.8) is 0 Å². The van der Waals surface area contributed by atoms with Crippen molar-refractivity contribution < 1.29 is 32.4 Å². The zero-order valence-corrected chi connectivity index (χ0v) is 13.5. The molecular weight excluding hydrogens is 345 g/mol. The number of amides is 1. The monoisotopic (exact) mass is 360 g/mol. The Morgan fingerprint density at radius 2 is 1.92 bits per heavy atom. The fourth-order valence-corrected chi connectivity index (χ4v) is 1.72. The summed E-state index contributed by atoms with van der Waals surface area (Å²) in [7, 11) is 0. The van der Waals surface area contributed by atoms with Crippen LogP contribution in [0.25, 0.3) is 0 Å². The molecular formula is C15H15F3N2O5. The number of rotatable bonds is 5. The van der Waals surface area contributed by atoms with Crippen molar-refractivity contribution in [3.8, 4) is 0 Å². The second kappa shape index (κ2) is 7.77. The fourth-order valence-electron chi connectivity index (χ4n) is 1.72. The van der Waals surface area contributed by atoms with E-state index in [9.17, 15) is 32.9 Å². The summed E-state index contributed by atoms with van der Waals surface area (Å²) in [6, 6.07) is 1.91. The van der Waals surface area contributed by atoms with Gasteiger partial charge in [-0.2, -0.15) is 13.2 Å². The Labute approximate surface area is 140 Å². The molecule has 0 bridgehead atoms. The molecule has 0 radical (unpaired) electrons. The van der Waals surface area contributed by atoms with E-state index in [2.05, 4.69) is 0 Å². The molecule has 1 atom stereocenters. The summed E-state index contributed by atoms with van der Waals surface area (Å²) in [6.45, 7) is 4.43. The third kappa shape index (κ3) is 5.90. The van der Waals surface area contributed by atoms with Crippen LogP contribution in [0.2, 0.25) is 0 Å². The minimum atomic E-state index is -4.92. The van der Waals surface area contributed by atoms with Crippen LogP contribution in [0.5, 0.6) is 0 Å². The molecule has 1 amide bonds. The molecule has 0 saturated carbocycles. The summed E-state index contributed by atoms with van der Waals surface area (Å²) in [5.41, 5.74) is -2.20. The lowest BCUT2D eigenvalue weighted by molar-refractivity contribution is -0.385. The molecule has 1 rings (SSSR count). The van der Waals surface area contributed by atoms with Crippen molar-refractivity contribution in [1.29, 1.82) is 0 Å². The lowest BCUT2D eigenvalue weighted by Crippen LogP contribution is -2.30. The standard InChI is InChI=1S/C15H15F3N2O5/c1-8(2)6-13(21)25-9(3)14(22)19-12-5-4-10(20(23)24)7-11(12)15(16,17)18/h4-7,9H,1-3H3,(H,19,22)/t9-/m1/s1. The Morgan fingerprint density at radius 1 is 1.32 bits per heavy atom. The molecule has 0 aliphatic carbocycles. The largest absolute Gasteiger partial charge is 0.449 e. The van der Waals surface area contributed by atoms with E-state index in [-0.39, 0.29) is 0 Å². The maximum Gasteiger partial charge on any atom is 0.418 e. The predicted molar refractivity (Wildman–Crippen MR) is 81.7 cm³/mol. The molecule has 0 heterocycles. The Hall–Kier alpha value is -2.91. The van der Waals surface area contributed by atoms with Crippen molar-refractivity contribution in [2.45, 2.75) is 33.1 Å². The van der Waals surface area contributed by atoms with Crippen LogP contribution in [0.1, 0.15) is 26.3 Å². The van der Waals surface area contributed by atoms with Gasteiger partial charge in [-0.15, -0.1) is 0 Å². The summed E-state index contributed by atoms with van der Waals surface area (Å²) >= 11 is 0. The van der Waals surface area contributed by atoms with Gasteiger partial charge in [0, 0.05) is 18.2 Å². The number of carbonyl (C=O) groups excluding carboxylic acids is 2. The van der Waals surface area contributed by atoms with E-state index in [0.29, 0.717) is 11.6 Å². The van der Waals surface area contributed by atoms with Crippen LogP contribution in [0, 0.1) is 10.1 Å². The van der Waals surface area contributed by atoms with Gasteiger partial charge in [0.2, 0.25) is 0 Å². The summed E-state index contributed by atoms with van der Waals surface area (Å²) in [4.78, 5) is 33.0. The fraction of sp³-hybridized carbons (Fsp3) is 0.333. The first-order valence-electron chi connectivity index (χ1n) is 6.94. The zero-order valence-electron chi connectivity index (χ0n) is 13.5. The first-order chi connectivity index (χ1) is 11.4. The number of nitro benzene ring substituents is 1. The van der Waals surface area contributed by atoms with Crippen molar-refractivity contribution in [3.05, 3.63) is 45.5 Å². The van der Waals surface area contributed by atoms with Crippen LogP contribution in [0.4, 0.5) is 24.5 Å². The number of anilines is 1. The lowest BCUT2D eigenvalue weighted by Gasteiger charge is -2.16. The van der Waals surface area contributed by atoms with E-state index in [1.165, 1.54) is 6.92 Å². The third-order valence-corrected chi connectivity index (χ3v) is 2.85. The number of alkyl halides is 3. The van der Waals surface area contributed by atoms with Crippen LogP contribution < -0.4 is 5.32 Å². The summed E-state index contributed by atoms with van der Waals surface area (Å²) < 4.78 is 43.9. The number of hydrogen-bond donors (Lipinski definition) is 1. The molecule has 25 heavy (non-hydrogen) atoms. The van der Waals surface area contributed by atoms with Crippen molar-refractivity contribution in [2.75, 3.05) is 5.32 Å². The number of nitrogens with one attached hydrogen (secondary N) is 1. The van der Waals surface area contributed by atoms with Gasteiger partial charge in [0.25, 0.3) is 11.6 Å². The third-order valence-electron chi connectivity index (χ3n) is 2.85. The van der Waals surface area contributed by atoms with Gasteiger partial charge in [-0.25, -0.2) is 4.79 Å². The van der Waals surface area contributed by atoms with Crippen molar-refractivity contribution in [1.82, 2.24) is 0 Å². The highest BCUT2D eigenvalue weighted by molar-refractivity contribution is 5.96. The van der Waals surface area contributed by atoms with Gasteiger partial charge < -0.3 is 10.1 Å². The van der Waals surface area contributed by atoms with E-state index < -0.39 is 46.0 Å². The number of non-ortho nitro benzene ring substituents is 1. The van der Waals surface area contributed by atoms with Crippen LogP contribution in [0.3, 0.4) is 0 Å². The van der Waals surface area contributed by atoms with Gasteiger partial charge in [-0.3, -0.25) is 14.9 Å². The van der Waals surface area contributed by atoms with Crippen molar-refractivity contribution in [2.24, 2.45) is 0 Å². The minimum Gasteiger partial charge on any atom is -0.449 e. The highest BCUT2D eigenvalue weighted by Gasteiger charge is 2.36. The average molecular weight is 360 g/mol. The number of ether oxygens (including phenoxy) is 1. The van der Waals surface area contributed by atoms with Gasteiger partial charge in [0.1, 0.15) is 0 Å². The molecule has 0 unspecified atom stereocenters. The molecule has 1 aromatic rings. The molecule has 0 saturated heterocycles. The first kappa shape index (κ1) is 20.1. The Kier molecular flexibility index (Phi) is 6.26. The molecule has 0 aliphatic rings. The average Bonchev–Trinajstić information content (AvgIpc) is 2.44. The highest BCUT2D eigenvalue weighted by Crippen LogP contribution is 2.37. The molecule has 136 valence electrons. The van der Waals surface area contributed by atoms with Gasteiger partial charge >= 0.3 is 12.1 Å². The predicted octanol–water partition coefficient (Wildman–Crippen LogP) is 3.45. The van der Waals surface area contributed by atoms with Crippen LogP contribution in [-0.2, 0) is 20.5 Å². The van der Waals surface area contributed by atoms with Crippen LogP contribution >= 0.6 is 0 Å². The Bertz CT molecular complexity index is 724. The smallest absolute Gasteiger partial charge is 0.418 e. The zero-order chi connectivity index (χ0) is 19.4. The van der Waals surface area contributed by atoms with E-state index in [1.807, 2.05) is 5.32 Å². The number of nitro groups is 1. The Balaban J connectivity index is 3.02. The van der Waals surface area contributed by atoms with Gasteiger partial charge in [-0.05, 0) is 26.8 Å². The molecule has 1 aromatic carbocycles. The van der Waals surface area contributed by atoms with Crippen LogP contribution in [0.15, 0.2) is 29.8 Å². The maximum absolute atomic E-state index is 13.0. The number of allylic oxidation sites excluding steroid dienone is 1. The topological polar surface area (TPSA) is 98.5 Å². The number of halogens is 3. The molecule has 0 aromatic heterocycles. The van der Waals surface area contributed by atoms with E-state index in [1.54, 1.807) is 13.8 Å². The minimum absolute atomic E-state index is 0.315. The summed E-state index contributed by atoms with van der Waals surface area (Å²) in [6.07, 6.45) is -5.16. The van der Waals surface area contributed by atoms with Gasteiger partial charge in [0.05, 0.1) is 16.2 Å². The van der Waals surface area contributed by atoms with Gasteiger partial charge in [0.15, 0.2) is 6.10 Å². The second-order valence-corrected chi connectivity index (χ2v) is 5.27. The van der Waals surface area contributed by atoms with E-state index in [4.69, 9.17) is 4.74 Å². The number of hydrogen-bond acceptors (Lipinski definition) is 5. The van der Waals surface area contributed by atoms with E-state index in [0.717, 1.165) is 18.2 Å². The molecule has 0 spiro atoms. The summed E-state index contributed by atoms with van der Waals surface area (Å²) in [5.74, 6) is -1.82. The second-order valence-electron chi connectivity index (χ2n) is 5.27. The number of carbonyl (C=O) groups is 2. The van der Waals surface area contributed by atoms with Crippen LogP contribution in [-0.4, -0.2) is 22.9 Å². The Morgan fingerprint density at radius 3 is 2.40 bits per heavy atom. The maximum atomic E-state index is 13.0. The highest BCUT2D eigenvalue weighted by atomic mass is 19.4. The molecule has 1 N–H and O–H groups in total. The molecule has 10 heteroatoms. The molecule has 0 aliphatic heterocycles. The SMILES string of the molecule is CC(C)=CC(=O)O[C@H](C)C(=O)Nc1ccc([N+](=O)[O-])cc1C(F)(F)F. The molecule has 7 nitrogen and oxygen atoms in total. The van der Waals surface area contributed by atoms with Crippen molar-refractivity contribution >= 4 is 23.3 Å². The summed E-state index contributed by atoms with van der Waals surface area (Å²) in [5, 5.41) is 12.6. The number of esters is 1. The normalized spacial score (nSPS) is 12.1. The first-order valence-corrected chi connectivity index (χ1v) is 6.94. The number of nitrogens with zero attached hydrogens (tertiary/aromatic N) is 1. The van der Waals surface area contributed by atoms with E-state index >= 15 is 0 Å². The van der Waals surface area contributed by atoms with Gasteiger partial charge in [-0.1, -0.05) is 5.57 Å². The molecule has 0 fully saturated rings. The quantitative estimate of drug-likeness (QED) is 0.375. The number of benzene rings is 1. The lowest BCUT2D eigenvalue weighted by atomic mass is 10.1.